The average molecular weight is 284 g/mol. The van der Waals surface area contributed by atoms with E-state index in [1.54, 1.807) is 20.1 Å². The lowest BCUT2D eigenvalue weighted by Crippen LogP contribution is -2.01. The normalized spacial score (nSPS) is 12.3. The second-order valence-electron chi connectivity index (χ2n) is 4.70. The number of benzene rings is 2. The van der Waals surface area contributed by atoms with Crippen LogP contribution in [0.2, 0.25) is 0 Å². The molecule has 0 bridgehead atoms. The van der Waals surface area contributed by atoms with Gasteiger partial charge < -0.3 is 14.6 Å². The SMILES string of the molecule is COc1ccc([C@@H](C)O)c(OC/C=C/c2ccccc2)c1. The Kier molecular flexibility index (Phi) is 5.41. The summed E-state index contributed by atoms with van der Waals surface area (Å²) >= 11 is 0. The molecule has 2 aromatic rings. The molecule has 0 heterocycles. The van der Waals surface area contributed by atoms with E-state index in [1.165, 1.54) is 0 Å². The Balaban J connectivity index is 2.03. The van der Waals surface area contributed by atoms with E-state index >= 15 is 0 Å². The maximum absolute atomic E-state index is 9.76. The van der Waals surface area contributed by atoms with Gasteiger partial charge in [0, 0.05) is 11.6 Å². The van der Waals surface area contributed by atoms with Crippen molar-refractivity contribution >= 4 is 6.08 Å². The molecule has 3 nitrogen and oxygen atoms in total. The Hall–Kier alpha value is -2.26. The zero-order chi connectivity index (χ0) is 15.1. The van der Waals surface area contributed by atoms with Crippen molar-refractivity contribution in [3.05, 3.63) is 65.7 Å². The molecule has 1 atom stereocenters. The van der Waals surface area contributed by atoms with Crippen LogP contribution >= 0.6 is 0 Å². The van der Waals surface area contributed by atoms with Crippen molar-refractivity contribution in [2.24, 2.45) is 0 Å². The van der Waals surface area contributed by atoms with Gasteiger partial charge in [-0.05, 0) is 30.7 Å². The smallest absolute Gasteiger partial charge is 0.129 e. The molecule has 0 saturated carbocycles. The Bertz CT molecular complexity index is 589. The minimum Gasteiger partial charge on any atom is -0.497 e. The molecule has 2 aromatic carbocycles. The Morgan fingerprint density at radius 2 is 1.90 bits per heavy atom. The predicted molar refractivity (Wildman–Crippen MR) is 84.6 cm³/mol. The van der Waals surface area contributed by atoms with Crippen molar-refractivity contribution < 1.29 is 14.6 Å². The third-order valence-electron chi connectivity index (χ3n) is 3.12. The van der Waals surface area contributed by atoms with Crippen LogP contribution in [0.15, 0.2) is 54.6 Å². The van der Waals surface area contributed by atoms with Crippen LogP contribution in [0.25, 0.3) is 6.08 Å². The number of hydrogen-bond acceptors (Lipinski definition) is 3. The van der Waals surface area contributed by atoms with E-state index in [4.69, 9.17) is 9.47 Å². The Morgan fingerprint density at radius 1 is 1.14 bits per heavy atom. The molecule has 0 fully saturated rings. The summed E-state index contributed by atoms with van der Waals surface area (Å²) in [6.07, 6.45) is 3.37. The first-order chi connectivity index (χ1) is 10.2. The third kappa shape index (κ3) is 4.36. The fourth-order valence-corrected chi connectivity index (χ4v) is 2.00. The monoisotopic (exact) mass is 284 g/mol. The van der Waals surface area contributed by atoms with Crippen LogP contribution in [-0.4, -0.2) is 18.8 Å². The van der Waals surface area contributed by atoms with E-state index in [9.17, 15) is 5.11 Å². The molecule has 0 saturated heterocycles. The van der Waals surface area contributed by atoms with Gasteiger partial charge in [-0.2, -0.15) is 0 Å². The van der Waals surface area contributed by atoms with Crippen molar-refractivity contribution in [2.75, 3.05) is 13.7 Å². The number of aliphatic hydroxyl groups excluding tert-OH is 1. The quantitative estimate of drug-likeness (QED) is 0.876. The molecule has 0 radical (unpaired) electrons. The van der Waals surface area contributed by atoms with Gasteiger partial charge in [-0.15, -0.1) is 0 Å². The summed E-state index contributed by atoms with van der Waals surface area (Å²) in [5.41, 5.74) is 1.88. The maximum atomic E-state index is 9.76. The van der Waals surface area contributed by atoms with Crippen LogP contribution in [-0.2, 0) is 0 Å². The zero-order valence-electron chi connectivity index (χ0n) is 12.3. The van der Waals surface area contributed by atoms with E-state index in [1.807, 2.05) is 54.6 Å². The van der Waals surface area contributed by atoms with Crippen molar-refractivity contribution in [2.45, 2.75) is 13.0 Å². The number of aliphatic hydroxyl groups is 1. The molecule has 0 aromatic heterocycles. The van der Waals surface area contributed by atoms with E-state index in [-0.39, 0.29) is 0 Å². The standard InChI is InChI=1S/C18H20O3/c1-14(19)17-11-10-16(20-2)13-18(17)21-12-6-9-15-7-4-3-5-8-15/h3-11,13-14,19H,12H2,1-2H3/b9-6+/t14-/m1/s1. The first-order valence-corrected chi connectivity index (χ1v) is 6.91. The topological polar surface area (TPSA) is 38.7 Å². The highest BCUT2D eigenvalue weighted by Crippen LogP contribution is 2.29. The highest BCUT2D eigenvalue weighted by molar-refractivity contribution is 5.49. The van der Waals surface area contributed by atoms with Crippen LogP contribution < -0.4 is 9.47 Å². The number of rotatable bonds is 6. The highest BCUT2D eigenvalue weighted by atomic mass is 16.5. The minimum absolute atomic E-state index is 0.432. The number of hydrogen-bond donors (Lipinski definition) is 1. The van der Waals surface area contributed by atoms with Gasteiger partial charge in [-0.1, -0.05) is 36.4 Å². The number of ether oxygens (including phenoxy) is 2. The zero-order valence-corrected chi connectivity index (χ0v) is 12.3. The summed E-state index contributed by atoms with van der Waals surface area (Å²) in [5, 5.41) is 9.76. The highest BCUT2D eigenvalue weighted by Gasteiger charge is 2.10. The van der Waals surface area contributed by atoms with E-state index in [0.29, 0.717) is 18.1 Å². The Labute approximate surface area is 125 Å². The lowest BCUT2D eigenvalue weighted by molar-refractivity contribution is 0.192. The molecule has 0 aliphatic rings. The van der Waals surface area contributed by atoms with Crippen LogP contribution in [0.4, 0.5) is 0 Å². The average Bonchev–Trinajstić information content (AvgIpc) is 2.52. The van der Waals surface area contributed by atoms with Crippen LogP contribution in [0, 0.1) is 0 Å². The molecule has 1 N–H and O–H groups in total. The molecule has 3 heteroatoms. The molecular weight excluding hydrogens is 264 g/mol. The maximum Gasteiger partial charge on any atom is 0.129 e. The lowest BCUT2D eigenvalue weighted by atomic mass is 10.1. The summed E-state index contributed by atoms with van der Waals surface area (Å²) in [6.45, 7) is 2.15. The van der Waals surface area contributed by atoms with Crippen molar-refractivity contribution in [3.8, 4) is 11.5 Å². The fourth-order valence-electron chi connectivity index (χ4n) is 2.00. The van der Waals surface area contributed by atoms with Gasteiger partial charge in [0.2, 0.25) is 0 Å². The fraction of sp³-hybridized carbons (Fsp3) is 0.222. The van der Waals surface area contributed by atoms with Crippen LogP contribution in [0.3, 0.4) is 0 Å². The summed E-state index contributed by atoms with van der Waals surface area (Å²) < 4.78 is 10.9. The van der Waals surface area contributed by atoms with Crippen LogP contribution in [0.1, 0.15) is 24.2 Å². The molecule has 0 aliphatic heterocycles. The summed E-state index contributed by atoms with van der Waals surface area (Å²) in [4.78, 5) is 0. The molecule has 0 amide bonds. The van der Waals surface area contributed by atoms with Gasteiger partial charge in [0.15, 0.2) is 0 Å². The van der Waals surface area contributed by atoms with Crippen molar-refractivity contribution in [3.63, 3.8) is 0 Å². The Morgan fingerprint density at radius 3 is 2.57 bits per heavy atom. The molecule has 0 aliphatic carbocycles. The van der Waals surface area contributed by atoms with Gasteiger partial charge in [0.05, 0.1) is 13.2 Å². The van der Waals surface area contributed by atoms with Gasteiger partial charge >= 0.3 is 0 Å². The molecule has 0 unspecified atom stereocenters. The minimum atomic E-state index is -0.580. The van der Waals surface area contributed by atoms with Gasteiger partial charge in [0.1, 0.15) is 18.1 Å². The summed E-state index contributed by atoms with van der Waals surface area (Å²) in [5.74, 6) is 1.35. The van der Waals surface area contributed by atoms with Crippen molar-refractivity contribution in [1.29, 1.82) is 0 Å². The lowest BCUT2D eigenvalue weighted by Gasteiger charge is -2.13. The molecule has 110 valence electrons. The van der Waals surface area contributed by atoms with Gasteiger partial charge in [-0.25, -0.2) is 0 Å². The van der Waals surface area contributed by atoms with E-state index in [0.717, 1.165) is 11.1 Å². The first kappa shape index (κ1) is 15.1. The summed E-state index contributed by atoms with van der Waals surface area (Å²) in [6, 6.07) is 15.5. The predicted octanol–water partition coefficient (Wildman–Crippen LogP) is 3.84. The van der Waals surface area contributed by atoms with Gasteiger partial charge in [-0.3, -0.25) is 0 Å². The third-order valence-corrected chi connectivity index (χ3v) is 3.12. The summed E-state index contributed by atoms with van der Waals surface area (Å²) in [7, 11) is 1.61. The van der Waals surface area contributed by atoms with E-state index in [2.05, 4.69) is 0 Å². The van der Waals surface area contributed by atoms with Crippen molar-refractivity contribution in [1.82, 2.24) is 0 Å². The van der Waals surface area contributed by atoms with E-state index < -0.39 is 6.10 Å². The second-order valence-corrected chi connectivity index (χ2v) is 4.70. The molecule has 0 spiro atoms. The molecule has 2 rings (SSSR count). The second kappa shape index (κ2) is 7.50. The molecule has 21 heavy (non-hydrogen) atoms. The van der Waals surface area contributed by atoms with Gasteiger partial charge in [0.25, 0.3) is 0 Å². The number of methoxy groups -OCH3 is 1. The first-order valence-electron chi connectivity index (χ1n) is 6.91. The van der Waals surface area contributed by atoms with Crippen LogP contribution in [0.5, 0.6) is 11.5 Å². The molecular formula is C18H20O3. The largest absolute Gasteiger partial charge is 0.497 e.